The van der Waals surface area contributed by atoms with Crippen molar-refractivity contribution in [1.82, 2.24) is 0 Å². The summed E-state index contributed by atoms with van der Waals surface area (Å²) in [4.78, 5) is 13.0. The minimum atomic E-state index is -0.419. The zero-order valence-corrected chi connectivity index (χ0v) is 16.8. The molecule has 0 bridgehead atoms. The van der Waals surface area contributed by atoms with Crippen LogP contribution in [0.3, 0.4) is 0 Å². The number of thioether (sulfide) groups is 1. The number of benzene rings is 2. The summed E-state index contributed by atoms with van der Waals surface area (Å²) >= 11 is 8.11. The summed E-state index contributed by atoms with van der Waals surface area (Å²) in [7, 11) is 0. The van der Waals surface area contributed by atoms with Gasteiger partial charge in [-0.05, 0) is 61.1 Å². The van der Waals surface area contributed by atoms with E-state index in [0.717, 1.165) is 55.9 Å². The molecule has 1 saturated heterocycles. The summed E-state index contributed by atoms with van der Waals surface area (Å²) < 4.78 is 5.43. The monoisotopic (exact) mass is 401 g/mol. The maximum absolute atomic E-state index is 13.0. The van der Waals surface area contributed by atoms with Crippen molar-refractivity contribution >= 4 is 35.0 Å². The molecule has 1 N–H and O–H groups in total. The Bertz CT molecular complexity index is 815. The van der Waals surface area contributed by atoms with Crippen LogP contribution in [0.15, 0.2) is 48.5 Å². The van der Waals surface area contributed by atoms with Crippen molar-refractivity contribution in [3.05, 3.63) is 64.7 Å². The third-order valence-corrected chi connectivity index (χ3v) is 7.08. The first kappa shape index (κ1) is 18.9. The van der Waals surface area contributed by atoms with Gasteiger partial charge in [0, 0.05) is 34.9 Å². The molecule has 0 radical (unpaired) electrons. The van der Waals surface area contributed by atoms with Crippen molar-refractivity contribution < 1.29 is 9.53 Å². The van der Waals surface area contributed by atoms with Gasteiger partial charge in [-0.3, -0.25) is 4.79 Å². The van der Waals surface area contributed by atoms with Crippen LogP contribution in [0.4, 0.5) is 5.69 Å². The zero-order chi connectivity index (χ0) is 18.7. The van der Waals surface area contributed by atoms with Crippen LogP contribution in [0.5, 0.6) is 0 Å². The lowest BCUT2D eigenvalue weighted by molar-refractivity contribution is -0.118. The molecule has 2 aromatic carbocycles. The van der Waals surface area contributed by atoms with Crippen LogP contribution in [-0.4, -0.2) is 24.4 Å². The molecule has 27 heavy (non-hydrogen) atoms. The maximum Gasteiger partial charge on any atom is 0.235 e. The summed E-state index contributed by atoms with van der Waals surface area (Å²) in [5.74, 6) is 1.03. The molecule has 0 spiro atoms. The topological polar surface area (TPSA) is 38.3 Å². The SMILES string of the molecule is O=C(Nc1cccc(CSC2CCOCC2)c1)C1(c2cccc(Cl)c2)CC1. The van der Waals surface area contributed by atoms with Crippen molar-refractivity contribution in [1.29, 1.82) is 0 Å². The Morgan fingerprint density at radius 3 is 2.67 bits per heavy atom. The standard InChI is InChI=1S/C22H24ClNO2S/c23-18-5-2-4-17(14-18)22(9-10-22)21(25)24-19-6-1-3-16(13-19)15-27-20-7-11-26-12-8-20/h1-6,13-14,20H,7-12,15H2,(H,24,25). The average Bonchev–Trinajstić information content (AvgIpc) is 3.50. The molecule has 2 fully saturated rings. The average molecular weight is 402 g/mol. The summed E-state index contributed by atoms with van der Waals surface area (Å²) in [6, 6.07) is 15.9. The smallest absolute Gasteiger partial charge is 0.235 e. The van der Waals surface area contributed by atoms with Crippen molar-refractivity contribution in [2.24, 2.45) is 0 Å². The van der Waals surface area contributed by atoms with Crippen LogP contribution < -0.4 is 5.32 Å². The van der Waals surface area contributed by atoms with Crippen molar-refractivity contribution in [3.8, 4) is 0 Å². The predicted molar refractivity (Wildman–Crippen MR) is 113 cm³/mol. The maximum atomic E-state index is 13.0. The molecule has 142 valence electrons. The van der Waals surface area contributed by atoms with Crippen LogP contribution in [-0.2, 0) is 20.7 Å². The molecule has 1 aliphatic heterocycles. The Balaban J connectivity index is 1.40. The summed E-state index contributed by atoms with van der Waals surface area (Å²) in [6.45, 7) is 1.75. The highest BCUT2D eigenvalue weighted by Crippen LogP contribution is 2.49. The first-order valence-corrected chi connectivity index (χ1v) is 10.9. The number of amides is 1. The number of carbonyl (C=O) groups excluding carboxylic acids is 1. The van der Waals surface area contributed by atoms with E-state index in [2.05, 4.69) is 17.4 Å². The van der Waals surface area contributed by atoms with Gasteiger partial charge in [0.2, 0.25) is 5.91 Å². The van der Waals surface area contributed by atoms with Gasteiger partial charge in [0.05, 0.1) is 5.41 Å². The normalized spacial score (nSPS) is 18.9. The molecule has 1 amide bonds. The predicted octanol–water partition coefficient (Wildman–Crippen LogP) is 5.42. The first-order valence-electron chi connectivity index (χ1n) is 9.51. The minimum absolute atomic E-state index is 0.0685. The van der Waals surface area contributed by atoms with Gasteiger partial charge in [-0.15, -0.1) is 0 Å². The number of anilines is 1. The molecular weight excluding hydrogens is 378 g/mol. The highest BCUT2D eigenvalue weighted by Gasteiger charge is 2.51. The molecule has 5 heteroatoms. The van der Waals surface area contributed by atoms with Crippen LogP contribution in [0.1, 0.15) is 36.8 Å². The number of rotatable bonds is 6. The lowest BCUT2D eigenvalue weighted by Gasteiger charge is -2.21. The second kappa shape index (κ2) is 8.26. The van der Waals surface area contributed by atoms with Crippen molar-refractivity contribution in [2.75, 3.05) is 18.5 Å². The number of nitrogens with one attached hydrogen (secondary N) is 1. The first-order chi connectivity index (χ1) is 13.2. The number of ether oxygens (including phenoxy) is 1. The number of carbonyl (C=O) groups is 1. The number of halogens is 1. The fourth-order valence-electron chi connectivity index (χ4n) is 3.60. The summed E-state index contributed by atoms with van der Waals surface area (Å²) in [5.41, 5.74) is 2.71. The van der Waals surface area contributed by atoms with E-state index in [4.69, 9.17) is 16.3 Å². The van der Waals surface area contributed by atoms with Crippen LogP contribution >= 0.6 is 23.4 Å². The molecular formula is C22H24ClNO2S. The van der Waals surface area contributed by atoms with E-state index in [1.54, 1.807) is 0 Å². The van der Waals surface area contributed by atoms with Crippen LogP contribution in [0.25, 0.3) is 0 Å². The second-order valence-electron chi connectivity index (χ2n) is 7.37. The molecule has 1 aliphatic carbocycles. The highest BCUT2D eigenvalue weighted by atomic mass is 35.5. The molecule has 0 aromatic heterocycles. The Hall–Kier alpha value is -1.49. The number of hydrogen-bond donors (Lipinski definition) is 1. The van der Waals surface area contributed by atoms with Gasteiger partial charge in [0.1, 0.15) is 0 Å². The highest BCUT2D eigenvalue weighted by molar-refractivity contribution is 7.99. The Kier molecular flexibility index (Phi) is 5.76. The fraction of sp³-hybridized carbons (Fsp3) is 0.409. The van der Waals surface area contributed by atoms with Gasteiger partial charge in [0.25, 0.3) is 0 Å². The molecule has 2 aliphatic rings. The summed E-state index contributed by atoms with van der Waals surface area (Å²) in [6.07, 6.45) is 4.00. The van der Waals surface area contributed by atoms with Crippen molar-refractivity contribution in [2.45, 2.75) is 42.1 Å². The second-order valence-corrected chi connectivity index (χ2v) is 9.09. The van der Waals surface area contributed by atoms with Gasteiger partial charge in [-0.1, -0.05) is 35.9 Å². The van der Waals surface area contributed by atoms with Gasteiger partial charge in [-0.25, -0.2) is 0 Å². The molecule has 4 rings (SSSR count). The van der Waals surface area contributed by atoms with E-state index < -0.39 is 5.41 Å². The molecule has 3 nitrogen and oxygen atoms in total. The summed E-state index contributed by atoms with van der Waals surface area (Å²) in [5, 5.41) is 4.48. The lowest BCUT2D eigenvalue weighted by atomic mass is 9.95. The van der Waals surface area contributed by atoms with Crippen LogP contribution in [0, 0.1) is 0 Å². The van der Waals surface area contributed by atoms with E-state index in [9.17, 15) is 4.79 Å². The molecule has 0 atom stereocenters. The Morgan fingerprint density at radius 2 is 1.93 bits per heavy atom. The van der Waals surface area contributed by atoms with Gasteiger partial charge in [0.15, 0.2) is 0 Å². The van der Waals surface area contributed by atoms with E-state index in [1.165, 1.54) is 5.56 Å². The third kappa shape index (κ3) is 4.50. The Morgan fingerprint density at radius 1 is 1.15 bits per heavy atom. The number of hydrogen-bond acceptors (Lipinski definition) is 3. The fourth-order valence-corrected chi connectivity index (χ4v) is 4.93. The zero-order valence-electron chi connectivity index (χ0n) is 15.2. The molecule has 1 saturated carbocycles. The molecule has 2 aromatic rings. The minimum Gasteiger partial charge on any atom is -0.381 e. The van der Waals surface area contributed by atoms with Gasteiger partial charge in [-0.2, -0.15) is 11.8 Å². The lowest BCUT2D eigenvalue weighted by Crippen LogP contribution is -2.27. The van der Waals surface area contributed by atoms with Crippen molar-refractivity contribution in [3.63, 3.8) is 0 Å². The van der Waals surface area contributed by atoms with E-state index in [-0.39, 0.29) is 5.91 Å². The van der Waals surface area contributed by atoms with Gasteiger partial charge < -0.3 is 10.1 Å². The van der Waals surface area contributed by atoms with Gasteiger partial charge >= 0.3 is 0 Å². The third-order valence-electron chi connectivity index (χ3n) is 5.40. The molecule has 1 heterocycles. The van der Waals surface area contributed by atoms with E-state index in [0.29, 0.717) is 10.3 Å². The van der Waals surface area contributed by atoms with E-state index in [1.807, 2.05) is 48.2 Å². The molecule has 0 unspecified atom stereocenters. The largest absolute Gasteiger partial charge is 0.381 e. The Labute approximate surface area is 169 Å². The van der Waals surface area contributed by atoms with E-state index >= 15 is 0 Å². The van der Waals surface area contributed by atoms with Crippen LogP contribution in [0.2, 0.25) is 5.02 Å². The quantitative estimate of drug-likeness (QED) is 0.702.